The standard InChI is InChI=1S/C48H30N8O/c57-48(34-4-2-1-3-5-34)52-35-8-6-30(7-9-35)44-36-10-12-38(53-36)45(31-18-24-49-25-19-31)40-14-16-42(55-40)47(33-22-28-51-29-23-33)43-17-15-41(56-43)46(32-20-26-50-27-21-32)39-13-11-37(44)54-39/h1-29H,(H,52,57). The number of aliphatic imine (C=N–C) groups is 4. The van der Waals surface area contributed by atoms with E-state index in [9.17, 15) is 4.79 Å². The van der Waals surface area contributed by atoms with Crippen molar-refractivity contribution in [1.29, 1.82) is 0 Å². The van der Waals surface area contributed by atoms with Gasteiger partial charge >= 0.3 is 0 Å². The minimum atomic E-state index is -0.178. The van der Waals surface area contributed by atoms with Gasteiger partial charge in [0.1, 0.15) is 0 Å². The van der Waals surface area contributed by atoms with E-state index in [4.69, 9.17) is 20.0 Å². The highest BCUT2D eigenvalue weighted by Crippen LogP contribution is 2.38. The van der Waals surface area contributed by atoms with Crippen LogP contribution in [0.2, 0.25) is 0 Å². The molecule has 1 N–H and O–H groups in total. The second kappa shape index (κ2) is 14.3. The van der Waals surface area contributed by atoms with E-state index >= 15 is 0 Å². The molecule has 0 saturated heterocycles. The molecule has 10 rings (SSSR count). The van der Waals surface area contributed by atoms with Crippen LogP contribution < -0.4 is 5.32 Å². The average molecular weight is 735 g/mol. The number of fused-ring (bicyclic) bond motifs is 4. The zero-order valence-electron chi connectivity index (χ0n) is 30.3. The molecule has 0 fully saturated rings. The lowest BCUT2D eigenvalue weighted by Gasteiger charge is -2.13. The number of nitrogens with one attached hydrogen (secondary N) is 1. The molecule has 1 amide bonds. The summed E-state index contributed by atoms with van der Waals surface area (Å²) >= 11 is 0. The van der Waals surface area contributed by atoms with Crippen molar-refractivity contribution < 1.29 is 4.79 Å². The predicted molar refractivity (Wildman–Crippen MR) is 228 cm³/mol. The SMILES string of the molecule is O=C(Nc1ccc(C2=C3C=CC(=N3)C(c3ccncc3)=C3C=CC(=N3)C(c3ccncc3)=C3C=CC(=N3)C(c3ccncc3)=C3C=CC2=N3)cc1)c1ccccc1. The Morgan fingerprint density at radius 3 is 1.05 bits per heavy atom. The molecule has 0 spiro atoms. The smallest absolute Gasteiger partial charge is 0.255 e. The zero-order valence-corrected chi connectivity index (χ0v) is 30.3. The van der Waals surface area contributed by atoms with E-state index in [0.717, 1.165) is 90.2 Å². The monoisotopic (exact) mass is 734 g/mol. The number of aromatic nitrogens is 3. The largest absolute Gasteiger partial charge is 0.322 e. The van der Waals surface area contributed by atoms with Crippen LogP contribution in [0.1, 0.15) is 32.6 Å². The summed E-state index contributed by atoms with van der Waals surface area (Å²) < 4.78 is 0. The lowest BCUT2D eigenvalue weighted by Crippen LogP contribution is -2.11. The van der Waals surface area contributed by atoms with Gasteiger partial charge in [0, 0.05) is 70.7 Å². The predicted octanol–water partition coefficient (Wildman–Crippen LogP) is 9.13. The maximum Gasteiger partial charge on any atom is 0.255 e. The molecule has 5 aliphatic rings. The van der Waals surface area contributed by atoms with E-state index in [2.05, 4.69) is 20.3 Å². The van der Waals surface area contributed by atoms with Crippen molar-refractivity contribution in [3.05, 3.63) is 227 Å². The van der Waals surface area contributed by atoms with E-state index in [0.29, 0.717) is 11.3 Å². The highest BCUT2D eigenvalue weighted by molar-refractivity contribution is 6.39. The van der Waals surface area contributed by atoms with E-state index in [-0.39, 0.29) is 5.91 Å². The van der Waals surface area contributed by atoms with Crippen molar-refractivity contribution in [3.63, 3.8) is 0 Å². The summed E-state index contributed by atoms with van der Waals surface area (Å²) in [5.74, 6) is -0.178. The van der Waals surface area contributed by atoms with Crippen molar-refractivity contribution in [2.75, 3.05) is 5.32 Å². The molecule has 0 aliphatic carbocycles. The minimum Gasteiger partial charge on any atom is -0.322 e. The van der Waals surface area contributed by atoms with Crippen LogP contribution in [0.5, 0.6) is 0 Å². The van der Waals surface area contributed by atoms with Gasteiger partial charge in [-0.25, -0.2) is 20.0 Å². The van der Waals surface area contributed by atoms with Crippen molar-refractivity contribution in [2.45, 2.75) is 0 Å². The van der Waals surface area contributed by atoms with Crippen LogP contribution in [-0.2, 0) is 0 Å². The molecule has 268 valence electrons. The van der Waals surface area contributed by atoms with Gasteiger partial charge in [0.05, 0.1) is 45.6 Å². The molecule has 0 unspecified atom stereocenters. The van der Waals surface area contributed by atoms with Gasteiger partial charge in [0.15, 0.2) is 0 Å². The fourth-order valence-corrected chi connectivity index (χ4v) is 7.34. The molecule has 0 atom stereocenters. The number of benzene rings is 2. The quantitative estimate of drug-likeness (QED) is 0.187. The van der Waals surface area contributed by atoms with Gasteiger partial charge in [-0.1, -0.05) is 30.3 Å². The topological polar surface area (TPSA) is 117 Å². The van der Waals surface area contributed by atoms with Crippen molar-refractivity contribution in [3.8, 4) is 0 Å². The van der Waals surface area contributed by atoms with Crippen LogP contribution in [0.25, 0.3) is 22.3 Å². The number of carbonyl (C=O) groups is 1. The molecule has 8 heterocycles. The molecule has 0 saturated carbocycles. The summed E-state index contributed by atoms with van der Waals surface area (Å²) in [5.41, 5.74) is 14.5. The number of amides is 1. The minimum absolute atomic E-state index is 0.178. The van der Waals surface area contributed by atoms with Crippen LogP contribution in [0.4, 0.5) is 5.69 Å². The molecule has 8 bridgehead atoms. The van der Waals surface area contributed by atoms with Crippen LogP contribution >= 0.6 is 0 Å². The lowest BCUT2D eigenvalue weighted by molar-refractivity contribution is 0.102. The highest BCUT2D eigenvalue weighted by Gasteiger charge is 2.27. The first-order valence-electron chi connectivity index (χ1n) is 18.4. The van der Waals surface area contributed by atoms with Gasteiger partial charge in [0.25, 0.3) is 5.91 Å². The van der Waals surface area contributed by atoms with Crippen LogP contribution in [-0.4, -0.2) is 43.7 Å². The highest BCUT2D eigenvalue weighted by atomic mass is 16.1. The molecule has 57 heavy (non-hydrogen) atoms. The summed E-state index contributed by atoms with van der Waals surface area (Å²) in [4.78, 5) is 47.1. The van der Waals surface area contributed by atoms with Crippen molar-refractivity contribution >= 4 is 56.7 Å². The molecular formula is C48H30N8O. The molecule has 9 heteroatoms. The second-order valence-electron chi connectivity index (χ2n) is 13.5. The molecule has 5 aromatic rings. The Morgan fingerprint density at radius 2 is 0.702 bits per heavy atom. The number of rotatable bonds is 6. The van der Waals surface area contributed by atoms with E-state index in [1.54, 1.807) is 49.3 Å². The third-order valence-electron chi connectivity index (χ3n) is 9.98. The molecule has 5 aliphatic heterocycles. The van der Waals surface area contributed by atoms with Crippen LogP contribution in [0.3, 0.4) is 0 Å². The summed E-state index contributed by atoms with van der Waals surface area (Å²) in [6.07, 6.45) is 26.9. The van der Waals surface area contributed by atoms with Crippen molar-refractivity contribution in [2.24, 2.45) is 20.0 Å². The number of nitrogens with zero attached hydrogens (tertiary/aromatic N) is 7. The van der Waals surface area contributed by atoms with Crippen LogP contribution in [0.15, 0.2) is 220 Å². The van der Waals surface area contributed by atoms with Gasteiger partial charge in [-0.15, -0.1) is 0 Å². The first-order chi connectivity index (χ1) is 28.2. The second-order valence-corrected chi connectivity index (χ2v) is 13.5. The number of hydrogen-bond acceptors (Lipinski definition) is 8. The number of hydrogen-bond donors (Lipinski definition) is 1. The molecular weight excluding hydrogens is 705 g/mol. The number of carbonyl (C=O) groups excluding carboxylic acids is 1. The third-order valence-corrected chi connectivity index (χ3v) is 9.98. The number of allylic oxidation sites excluding steroid dienone is 12. The maximum atomic E-state index is 13.0. The first-order valence-corrected chi connectivity index (χ1v) is 18.4. The zero-order chi connectivity index (χ0) is 38.1. The Bertz CT molecular complexity index is 2830. The summed E-state index contributed by atoms with van der Waals surface area (Å²) in [6.45, 7) is 0. The third kappa shape index (κ3) is 6.39. The molecule has 9 nitrogen and oxygen atoms in total. The van der Waals surface area contributed by atoms with Gasteiger partial charge < -0.3 is 5.32 Å². The summed E-state index contributed by atoms with van der Waals surface area (Å²) in [5, 5.41) is 3.02. The molecule has 3 aromatic heterocycles. The normalized spacial score (nSPS) is 16.7. The number of anilines is 1. The Balaban J connectivity index is 1.19. The molecule has 2 aromatic carbocycles. The maximum absolute atomic E-state index is 13.0. The van der Waals surface area contributed by atoms with Gasteiger partial charge in [-0.05, 0) is 132 Å². The van der Waals surface area contributed by atoms with Crippen LogP contribution in [0, 0.1) is 0 Å². The Hall–Kier alpha value is -8.04. The Labute approximate surface area is 328 Å². The Kier molecular flexibility index (Phi) is 8.42. The van der Waals surface area contributed by atoms with Gasteiger partial charge in [-0.2, -0.15) is 0 Å². The molecule has 0 radical (unpaired) electrons. The van der Waals surface area contributed by atoms with E-state index in [1.165, 1.54) is 0 Å². The number of pyridine rings is 3. The fraction of sp³-hybridized carbons (Fsp3) is 0. The van der Waals surface area contributed by atoms with Gasteiger partial charge in [-0.3, -0.25) is 19.7 Å². The van der Waals surface area contributed by atoms with E-state index < -0.39 is 0 Å². The average Bonchev–Trinajstić information content (AvgIpc) is 4.11. The van der Waals surface area contributed by atoms with Gasteiger partial charge in [0.2, 0.25) is 0 Å². The van der Waals surface area contributed by atoms with E-state index in [1.807, 2.05) is 127 Å². The summed E-state index contributed by atoms with van der Waals surface area (Å²) in [7, 11) is 0. The van der Waals surface area contributed by atoms with Crippen molar-refractivity contribution in [1.82, 2.24) is 15.0 Å². The lowest BCUT2D eigenvalue weighted by atomic mass is 9.98. The fourth-order valence-electron chi connectivity index (χ4n) is 7.34. The first kappa shape index (κ1) is 33.5. The summed E-state index contributed by atoms with van der Waals surface area (Å²) in [6, 6.07) is 28.8. The Morgan fingerprint density at radius 1 is 0.368 bits per heavy atom.